The molecule has 0 amide bonds. The molecule has 2 heterocycles. The van der Waals surface area contributed by atoms with Crippen molar-refractivity contribution in [2.75, 3.05) is 19.7 Å². The summed E-state index contributed by atoms with van der Waals surface area (Å²) in [5.74, 6) is 0. The Morgan fingerprint density at radius 3 is 3.06 bits per heavy atom. The molecular formula is C12H18ClNOS. The highest BCUT2D eigenvalue weighted by Gasteiger charge is 2.12. The molecule has 16 heavy (non-hydrogen) atoms. The molecule has 2 rings (SSSR count). The molecule has 90 valence electrons. The molecule has 1 aromatic rings. The Labute approximate surface area is 106 Å². The number of nitrogens with one attached hydrogen (secondary N) is 1. The maximum absolute atomic E-state index is 5.87. The number of ether oxygens (including phenoxy) is 1. The third-order valence-corrected chi connectivity index (χ3v) is 4.11. The van der Waals surface area contributed by atoms with Gasteiger partial charge in [0.25, 0.3) is 0 Å². The predicted octanol–water partition coefficient (Wildman–Crippen LogP) is 3.10. The van der Waals surface area contributed by atoms with Gasteiger partial charge in [-0.25, -0.2) is 0 Å². The van der Waals surface area contributed by atoms with E-state index in [2.05, 4.69) is 11.4 Å². The first-order valence-corrected chi connectivity index (χ1v) is 7.10. The van der Waals surface area contributed by atoms with Crippen molar-refractivity contribution in [1.82, 2.24) is 5.32 Å². The van der Waals surface area contributed by atoms with Crippen LogP contribution in [0.1, 0.15) is 24.1 Å². The molecule has 1 atom stereocenters. The van der Waals surface area contributed by atoms with Crippen molar-refractivity contribution in [1.29, 1.82) is 0 Å². The van der Waals surface area contributed by atoms with Crippen LogP contribution < -0.4 is 5.32 Å². The third-order valence-electron chi connectivity index (χ3n) is 2.82. The van der Waals surface area contributed by atoms with E-state index in [0.29, 0.717) is 6.10 Å². The summed E-state index contributed by atoms with van der Waals surface area (Å²) in [5.41, 5.74) is 0. The Balaban J connectivity index is 1.57. The second-order valence-electron chi connectivity index (χ2n) is 4.15. The fourth-order valence-corrected chi connectivity index (χ4v) is 3.02. The van der Waals surface area contributed by atoms with Crippen LogP contribution in [0.5, 0.6) is 0 Å². The molecule has 0 bridgehead atoms. The van der Waals surface area contributed by atoms with Crippen molar-refractivity contribution in [3.63, 3.8) is 0 Å². The fourth-order valence-electron chi connectivity index (χ4n) is 1.93. The van der Waals surface area contributed by atoms with Crippen molar-refractivity contribution < 1.29 is 4.74 Å². The van der Waals surface area contributed by atoms with Crippen LogP contribution >= 0.6 is 22.9 Å². The Bertz CT molecular complexity index is 310. The van der Waals surface area contributed by atoms with Gasteiger partial charge in [-0.3, -0.25) is 0 Å². The van der Waals surface area contributed by atoms with Crippen molar-refractivity contribution in [2.45, 2.75) is 31.8 Å². The number of halogens is 1. The second-order valence-corrected chi connectivity index (χ2v) is 5.95. The van der Waals surface area contributed by atoms with E-state index >= 15 is 0 Å². The van der Waals surface area contributed by atoms with E-state index in [1.54, 1.807) is 11.3 Å². The second kappa shape index (κ2) is 6.60. The first-order chi connectivity index (χ1) is 7.84. The maximum Gasteiger partial charge on any atom is 0.0931 e. The van der Waals surface area contributed by atoms with E-state index in [4.69, 9.17) is 16.3 Å². The molecule has 0 saturated carbocycles. The molecule has 4 heteroatoms. The standard InChI is InChI=1S/C12H18ClNOS/c13-12-5-4-11(16-12)6-7-14-9-10-3-1-2-8-15-10/h4-5,10,14H,1-3,6-9H2. The first-order valence-electron chi connectivity index (χ1n) is 5.91. The maximum atomic E-state index is 5.87. The number of thiophene rings is 1. The molecule has 2 nitrogen and oxygen atoms in total. The van der Waals surface area contributed by atoms with Gasteiger partial charge < -0.3 is 10.1 Å². The van der Waals surface area contributed by atoms with Crippen molar-refractivity contribution in [3.05, 3.63) is 21.3 Å². The predicted molar refractivity (Wildman–Crippen MR) is 69.5 cm³/mol. The Morgan fingerprint density at radius 2 is 2.38 bits per heavy atom. The van der Waals surface area contributed by atoms with Gasteiger partial charge in [-0.15, -0.1) is 11.3 Å². The summed E-state index contributed by atoms with van der Waals surface area (Å²) < 4.78 is 6.53. The summed E-state index contributed by atoms with van der Waals surface area (Å²) in [4.78, 5) is 1.35. The van der Waals surface area contributed by atoms with Crippen molar-refractivity contribution in [3.8, 4) is 0 Å². The van der Waals surface area contributed by atoms with E-state index in [-0.39, 0.29) is 0 Å². The summed E-state index contributed by atoms with van der Waals surface area (Å²) in [7, 11) is 0. The minimum absolute atomic E-state index is 0.431. The molecule has 1 aromatic heterocycles. The van der Waals surface area contributed by atoms with Crippen LogP contribution in [0.2, 0.25) is 4.34 Å². The van der Waals surface area contributed by atoms with Crippen LogP contribution in [0.3, 0.4) is 0 Å². The van der Waals surface area contributed by atoms with Gasteiger partial charge >= 0.3 is 0 Å². The van der Waals surface area contributed by atoms with E-state index in [0.717, 1.165) is 30.5 Å². The van der Waals surface area contributed by atoms with Gasteiger partial charge in [0.2, 0.25) is 0 Å². The lowest BCUT2D eigenvalue weighted by Gasteiger charge is -2.22. The quantitative estimate of drug-likeness (QED) is 0.821. The summed E-state index contributed by atoms with van der Waals surface area (Å²) in [6.07, 6.45) is 5.24. The minimum atomic E-state index is 0.431. The SMILES string of the molecule is Clc1ccc(CCNCC2CCCCO2)s1. The minimum Gasteiger partial charge on any atom is -0.377 e. The third kappa shape index (κ3) is 4.06. The van der Waals surface area contributed by atoms with Crippen LogP contribution in [-0.4, -0.2) is 25.8 Å². The van der Waals surface area contributed by atoms with E-state index in [1.165, 1.54) is 24.1 Å². The highest BCUT2D eigenvalue weighted by Crippen LogP contribution is 2.21. The van der Waals surface area contributed by atoms with Crippen LogP contribution in [0, 0.1) is 0 Å². The molecular weight excluding hydrogens is 242 g/mol. The molecule has 1 fully saturated rings. The van der Waals surface area contributed by atoms with E-state index in [9.17, 15) is 0 Å². The van der Waals surface area contributed by atoms with Gasteiger partial charge in [-0.2, -0.15) is 0 Å². The fraction of sp³-hybridized carbons (Fsp3) is 0.667. The van der Waals surface area contributed by atoms with Gasteiger partial charge in [0.15, 0.2) is 0 Å². The zero-order chi connectivity index (χ0) is 11.2. The lowest BCUT2D eigenvalue weighted by Crippen LogP contribution is -2.32. The normalized spacial score (nSPS) is 21.2. The molecule has 1 aliphatic heterocycles. The van der Waals surface area contributed by atoms with Crippen molar-refractivity contribution >= 4 is 22.9 Å². The lowest BCUT2D eigenvalue weighted by atomic mass is 10.1. The summed E-state index contributed by atoms with van der Waals surface area (Å²) >= 11 is 7.54. The first kappa shape index (κ1) is 12.4. The van der Waals surface area contributed by atoms with Gasteiger partial charge in [-0.1, -0.05) is 11.6 Å². The topological polar surface area (TPSA) is 21.3 Å². The van der Waals surface area contributed by atoms with E-state index in [1.807, 2.05) is 6.07 Å². The molecule has 0 aromatic carbocycles. The highest BCUT2D eigenvalue weighted by molar-refractivity contribution is 7.16. The van der Waals surface area contributed by atoms with Gasteiger partial charge in [0.1, 0.15) is 0 Å². The summed E-state index contributed by atoms with van der Waals surface area (Å²) in [6.45, 7) is 2.93. The van der Waals surface area contributed by atoms with Crippen LogP contribution in [0.25, 0.3) is 0 Å². The molecule has 0 aliphatic carbocycles. The average molecular weight is 260 g/mol. The zero-order valence-corrected chi connectivity index (χ0v) is 10.9. The molecule has 0 radical (unpaired) electrons. The molecule has 1 saturated heterocycles. The Morgan fingerprint density at radius 1 is 1.44 bits per heavy atom. The largest absolute Gasteiger partial charge is 0.377 e. The van der Waals surface area contributed by atoms with E-state index < -0.39 is 0 Å². The smallest absolute Gasteiger partial charge is 0.0931 e. The molecule has 0 spiro atoms. The van der Waals surface area contributed by atoms with Crippen molar-refractivity contribution in [2.24, 2.45) is 0 Å². The van der Waals surface area contributed by atoms with Crippen LogP contribution in [0.4, 0.5) is 0 Å². The molecule has 1 N–H and O–H groups in total. The molecule has 1 unspecified atom stereocenters. The van der Waals surface area contributed by atoms with Gasteiger partial charge in [-0.05, 0) is 37.8 Å². The lowest BCUT2D eigenvalue weighted by molar-refractivity contribution is 0.0171. The Kier molecular flexibility index (Phi) is 5.10. The monoisotopic (exact) mass is 259 g/mol. The number of hydrogen-bond donors (Lipinski definition) is 1. The van der Waals surface area contributed by atoms with Crippen LogP contribution in [0.15, 0.2) is 12.1 Å². The zero-order valence-electron chi connectivity index (χ0n) is 9.38. The summed E-state index contributed by atoms with van der Waals surface area (Å²) in [6, 6.07) is 4.07. The van der Waals surface area contributed by atoms with Gasteiger partial charge in [0, 0.05) is 24.6 Å². The Hall–Kier alpha value is -0.0900. The number of hydrogen-bond acceptors (Lipinski definition) is 3. The highest BCUT2D eigenvalue weighted by atomic mass is 35.5. The van der Waals surface area contributed by atoms with Crippen LogP contribution in [-0.2, 0) is 11.2 Å². The van der Waals surface area contributed by atoms with Gasteiger partial charge in [0.05, 0.1) is 10.4 Å². The summed E-state index contributed by atoms with van der Waals surface area (Å²) in [5, 5.41) is 3.45. The molecule has 1 aliphatic rings. The number of rotatable bonds is 5. The average Bonchev–Trinajstić information content (AvgIpc) is 2.72.